The summed E-state index contributed by atoms with van der Waals surface area (Å²) in [6.45, 7) is 8.46. The molecule has 1 aromatic carbocycles. The van der Waals surface area contributed by atoms with Crippen molar-refractivity contribution in [3.05, 3.63) is 29.8 Å². The summed E-state index contributed by atoms with van der Waals surface area (Å²) in [6, 6.07) is 7.43. The molecule has 0 bridgehead atoms. The summed E-state index contributed by atoms with van der Waals surface area (Å²) in [5.41, 5.74) is 1.02. The van der Waals surface area contributed by atoms with Crippen LogP contribution in [-0.2, 0) is 10.0 Å². The second-order valence-electron chi connectivity index (χ2n) is 5.53. The molecule has 21 heavy (non-hydrogen) atoms. The molecule has 1 unspecified atom stereocenters. The average Bonchev–Trinajstić information content (AvgIpc) is 2.46. The molecule has 0 aliphatic carbocycles. The molecule has 0 aromatic heterocycles. The lowest BCUT2D eigenvalue weighted by Crippen LogP contribution is -2.37. The third kappa shape index (κ3) is 4.28. The zero-order valence-corrected chi connectivity index (χ0v) is 14.6. The summed E-state index contributed by atoms with van der Waals surface area (Å²) < 4.78 is 27.2. The van der Waals surface area contributed by atoms with Crippen LogP contribution in [0.25, 0.3) is 0 Å². The summed E-state index contributed by atoms with van der Waals surface area (Å²) in [4.78, 5) is 0.385. The maximum Gasteiger partial charge on any atom is 0.243 e. The molecular weight excluding hydrogens is 284 g/mol. The summed E-state index contributed by atoms with van der Waals surface area (Å²) in [5, 5.41) is 3.22. The first kappa shape index (κ1) is 18.1. The molecule has 5 heteroatoms. The summed E-state index contributed by atoms with van der Waals surface area (Å²) >= 11 is 0. The van der Waals surface area contributed by atoms with E-state index in [9.17, 15) is 8.42 Å². The minimum atomic E-state index is -3.43. The Labute approximate surface area is 129 Å². The van der Waals surface area contributed by atoms with Gasteiger partial charge in [-0.05, 0) is 51.4 Å². The number of benzene rings is 1. The van der Waals surface area contributed by atoms with Crippen LogP contribution >= 0.6 is 0 Å². The monoisotopic (exact) mass is 312 g/mol. The second-order valence-corrected chi connectivity index (χ2v) is 7.42. The van der Waals surface area contributed by atoms with E-state index >= 15 is 0 Å². The molecule has 0 aliphatic heterocycles. The number of hydrogen-bond acceptors (Lipinski definition) is 3. The van der Waals surface area contributed by atoms with E-state index < -0.39 is 10.0 Å². The van der Waals surface area contributed by atoms with E-state index in [0.29, 0.717) is 11.4 Å². The van der Waals surface area contributed by atoms with Crippen LogP contribution in [0.3, 0.4) is 0 Å². The molecule has 1 atom stereocenters. The molecule has 0 aliphatic rings. The fourth-order valence-electron chi connectivity index (χ4n) is 2.51. The molecule has 0 saturated heterocycles. The molecule has 4 nitrogen and oxygen atoms in total. The number of hydrogen-bond donors (Lipinski definition) is 1. The molecule has 1 rings (SSSR count). The highest BCUT2D eigenvalue weighted by molar-refractivity contribution is 7.89. The zero-order chi connectivity index (χ0) is 16.0. The topological polar surface area (TPSA) is 49.4 Å². The fraction of sp³-hybridized carbons (Fsp3) is 0.625. The third-order valence-corrected chi connectivity index (χ3v) is 5.72. The summed E-state index contributed by atoms with van der Waals surface area (Å²) in [7, 11) is -1.53. The van der Waals surface area contributed by atoms with Crippen LogP contribution in [0.4, 0.5) is 0 Å². The summed E-state index contributed by atoms with van der Waals surface area (Å²) in [6.07, 6.45) is 1.73. The van der Waals surface area contributed by atoms with E-state index in [0.717, 1.165) is 18.4 Å². The van der Waals surface area contributed by atoms with E-state index in [1.54, 1.807) is 16.4 Å². The van der Waals surface area contributed by atoms with Crippen LogP contribution in [0.2, 0.25) is 0 Å². The van der Waals surface area contributed by atoms with Crippen molar-refractivity contribution >= 4 is 10.0 Å². The largest absolute Gasteiger partial charge is 0.313 e. The standard InChI is InChI=1S/C16H28N2O2S/c1-6-11-18(13(3)4)21(19,20)15-10-8-9-14(12-15)16(7-2)17-5/h8-10,12-13,16-17H,6-7,11H2,1-5H3. The number of nitrogens with zero attached hydrogens (tertiary/aromatic N) is 1. The van der Waals surface area contributed by atoms with Gasteiger partial charge in [0.15, 0.2) is 0 Å². The van der Waals surface area contributed by atoms with Gasteiger partial charge in [0.25, 0.3) is 0 Å². The highest BCUT2D eigenvalue weighted by Gasteiger charge is 2.26. The van der Waals surface area contributed by atoms with E-state index in [4.69, 9.17) is 0 Å². The first-order valence-electron chi connectivity index (χ1n) is 7.67. The Hall–Kier alpha value is -0.910. The van der Waals surface area contributed by atoms with Crippen molar-refractivity contribution < 1.29 is 8.42 Å². The van der Waals surface area contributed by atoms with Gasteiger partial charge >= 0.3 is 0 Å². The van der Waals surface area contributed by atoms with Crippen molar-refractivity contribution in [2.24, 2.45) is 0 Å². The van der Waals surface area contributed by atoms with Crippen molar-refractivity contribution in [1.82, 2.24) is 9.62 Å². The Kier molecular flexibility index (Phi) is 6.84. The number of nitrogens with one attached hydrogen (secondary N) is 1. The molecule has 0 saturated carbocycles. The molecule has 0 amide bonds. The predicted molar refractivity (Wildman–Crippen MR) is 87.9 cm³/mol. The first-order chi connectivity index (χ1) is 9.88. The van der Waals surface area contributed by atoms with Gasteiger partial charge in [0, 0.05) is 18.6 Å². The lowest BCUT2D eigenvalue weighted by molar-refractivity contribution is 0.354. The Morgan fingerprint density at radius 3 is 2.38 bits per heavy atom. The van der Waals surface area contributed by atoms with E-state index in [-0.39, 0.29) is 12.1 Å². The SMILES string of the molecule is CCCN(C(C)C)S(=O)(=O)c1cccc(C(CC)NC)c1. The van der Waals surface area contributed by atoms with Crippen LogP contribution in [0.15, 0.2) is 29.2 Å². The van der Waals surface area contributed by atoms with Gasteiger partial charge in [-0.3, -0.25) is 0 Å². The Morgan fingerprint density at radius 2 is 1.90 bits per heavy atom. The molecule has 120 valence electrons. The fourth-order valence-corrected chi connectivity index (χ4v) is 4.29. The van der Waals surface area contributed by atoms with Crippen LogP contribution in [0.1, 0.15) is 52.1 Å². The lowest BCUT2D eigenvalue weighted by atomic mass is 10.1. The first-order valence-corrected chi connectivity index (χ1v) is 9.11. The van der Waals surface area contributed by atoms with Gasteiger partial charge in [-0.15, -0.1) is 0 Å². The van der Waals surface area contributed by atoms with Gasteiger partial charge in [0.05, 0.1) is 4.90 Å². The molecule has 0 radical (unpaired) electrons. The Bertz CT molecular complexity index is 537. The minimum absolute atomic E-state index is 0.0371. The van der Waals surface area contributed by atoms with E-state index in [1.807, 2.05) is 40.0 Å². The Morgan fingerprint density at radius 1 is 1.24 bits per heavy atom. The normalized spacial score (nSPS) is 13.9. The van der Waals surface area contributed by atoms with Gasteiger partial charge in [-0.1, -0.05) is 26.0 Å². The van der Waals surface area contributed by atoms with Crippen LogP contribution in [0.5, 0.6) is 0 Å². The van der Waals surface area contributed by atoms with Crippen LogP contribution < -0.4 is 5.32 Å². The zero-order valence-electron chi connectivity index (χ0n) is 13.8. The van der Waals surface area contributed by atoms with Crippen molar-refractivity contribution in [3.8, 4) is 0 Å². The van der Waals surface area contributed by atoms with Gasteiger partial charge in [0.1, 0.15) is 0 Å². The van der Waals surface area contributed by atoms with Gasteiger partial charge in [-0.2, -0.15) is 4.31 Å². The molecular formula is C16H28N2O2S. The van der Waals surface area contributed by atoms with Crippen molar-refractivity contribution in [2.45, 2.75) is 57.5 Å². The quantitative estimate of drug-likeness (QED) is 0.802. The third-order valence-electron chi connectivity index (χ3n) is 3.64. The molecule has 0 heterocycles. The molecule has 1 N–H and O–H groups in total. The molecule has 0 fully saturated rings. The average molecular weight is 312 g/mol. The van der Waals surface area contributed by atoms with Crippen LogP contribution in [0, 0.1) is 0 Å². The molecule has 0 spiro atoms. The number of sulfonamides is 1. The van der Waals surface area contributed by atoms with Gasteiger partial charge < -0.3 is 5.32 Å². The second kappa shape index (κ2) is 7.92. The van der Waals surface area contributed by atoms with Crippen molar-refractivity contribution in [1.29, 1.82) is 0 Å². The predicted octanol–water partition coefficient (Wildman–Crippen LogP) is 3.17. The van der Waals surface area contributed by atoms with Crippen LogP contribution in [-0.4, -0.2) is 32.4 Å². The maximum atomic E-state index is 12.8. The summed E-state index contributed by atoms with van der Waals surface area (Å²) in [5.74, 6) is 0. The minimum Gasteiger partial charge on any atom is -0.313 e. The molecule has 1 aromatic rings. The highest BCUT2D eigenvalue weighted by Crippen LogP contribution is 2.23. The van der Waals surface area contributed by atoms with Crippen molar-refractivity contribution in [3.63, 3.8) is 0 Å². The van der Waals surface area contributed by atoms with E-state index in [2.05, 4.69) is 12.2 Å². The Balaban J connectivity index is 3.22. The number of rotatable bonds is 8. The highest BCUT2D eigenvalue weighted by atomic mass is 32.2. The van der Waals surface area contributed by atoms with E-state index in [1.165, 1.54) is 0 Å². The maximum absolute atomic E-state index is 12.8. The van der Waals surface area contributed by atoms with Crippen molar-refractivity contribution in [2.75, 3.05) is 13.6 Å². The van der Waals surface area contributed by atoms with Gasteiger partial charge in [0.2, 0.25) is 10.0 Å². The van der Waals surface area contributed by atoms with Gasteiger partial charge in [-0.25, -0.2) is 8.42 Å². The lowest BCUT2D eigenvalue weighted by Gasteiger charge is -2.26. The smallest absolute Gasteiger partial charge is 0.243 e.